The number of nitrogens with zero attached hydrogens (tertiary/aromatic N) is 3. The van der Waals surface area contributed by atoms with Crippen molar-refractivity contribution >= 4 is 6.03 Å². The van der Waals surface area contributed by atoms with Crippen LogP contribution in [0.4, 0.5) is 18.0 Å². The smallest absolute Gasteiger partial charge is 0.331 e. The summed E-state index contributed by atoms with van der Waals surface area (Å²) in [5.74, 6) is 0.179. The van der Waals surface area contributed by atoms with Crippen LogP contribution in [0.5, 0.6) is 0 Å². The Hall–Kier alpha value is -2.51. The Kier molecular flexibility index (Phi) is 5.17. The minimum absolute atomic E-state index is 0.0498. The predicted molar refractivity (Wildman–Crippen MR) is 95.3 cm³/mol. The van der Waals surface area contributed by atoms with Crippen molar-refractivity contribution < 1.29 is 18.0 Å². The second kappa shape index (κ2) is 7.25. The number of nitrogens with one attached hydrogen (secondary N) is 1. The fourth-order valence-corrected chi connectivity index (χ4v) is 3.58. The zero-order chi connectivity index (χ0) is 19.7. The van der Waals surface area contributed by atoms with Gasteiger partial charge in [-0.15, -0.1) is 0 Å². The molecule has 0 saturated heterocycles. The third-order valence-electron chi connectivity index (χ3n) is 4.82. The van der Waals surface area contributed by atoms with Crippen molar-refractivity contribution in [3.63, 3.8) is 0 Å². The maximum Gasteiger partial charge on any atom is 0.406 e. The molecule has 146 valence electrons. The van der Waals surface area contributed by atoms with Gasteiger partial charge in [0.15, 0.2) is 0 Å². The summed E-state index contributed by atoms with van der Waals surface area (Å²) < 4.78 is 38.8. The number of aromatic nitrogens is 2. The molecule has 0 spiro atoms. The highest BCUT2D eigenvalue weighted by Gasteiger charge is 2.32. The minimum atomic E-state index is -4.33. The van der Waals surface area contributed by atoms with E-state index < -0.39 is 12.7 Å². The molecule has 1 aliphatic rings. The lowest BCUT2D eigenvalue weighted by Gasteiger charge is -2.31. The molecule has 1 N–H and O–H groups in total. The molecule has 1 aliphatic heterocycles. The highest BCUT2D eigenvalue weighted by molar-refractivity contribution is 5.74. The molecule has 2 amide bonds. The molecule has 3 rings (SSSR count). The van der Waals surface area contributed by atoms with Crippen molar-refractivity contribution in [2.24, 2.45) is 0 Å². The number of amides is 2. The summed E-state index contributed by atoms with van der Waals surface area (Å²) in [5, 5.41) is 2.71. The van der Waals surface area contributed by atoms with Crippen molar-refractivity contribution in [2.75, 3.05) is 13.1 Å². The highest BCUT2D eigenvalue weighted by Crippen LogP contribution is 2.30. The zero-order valence-electron chi connectivity index (χ0n) is 15.4. The third kappa shape index (κ3) is 4.61. The molecule has 0 saturated carbocycles. The molecule has 1 aromatic carbocycles. The number of fused-ring (bicyclic) bond motifs is 1. The van der Waals surface area contributed by atoms with E-state index in [4.69, 9.17) is 0 Å². The van der Waals surface area contributed by atoms with Crippen LogP contribution in [0.1, 0.15) is 30.8 Å². The molecule has 0 radical (unpaired) electrons. The van der Waals surface area contributed by atoms with Crippen molar-refractivity contribution in [1.29, 1.82) is 0 Å². The fourth-order valence-electron chi connectivity index (χ4n) is 3.58. The molecule has 0 aliphatic carbocycles. The Morgan fingerprint density at radius 2 is 2.04 bits per heavy atom. The van der Waals surface area contributed by atoms with Crippen LogP contribution in [0.15, 0.2) is 36.7 Å². The van der Waals surface area contributed by atoms with Crippen LogP contribution >= 0.6 is 0 Å². The fraction of sp³-hybridized carbons (Fsp3) is 0.474. The molecule has 8 heteroatoms. The van der Waals surface area contributed by atoms with E-state index in [1.165, 1.54) is 23.5 Å². The zero-order valence-corrected chi connectivity index (χ0v) is 15.4. The molecule has 0 bridgehead atoms. The molecule has 0 unspecified atom stereocenters. The number of alkyl halides is 3. The highest BCUT2D eigenvalue weighted by atomic mass is 19.4. The number of imidazole rings is 1. The van der Waals surface area contributed by atoms with E-state index in [0.29, 0.717) is 13.1 Å². The van der Waals surface area contributed by atoms with Crippen molar-refractivity contribution in [2.45, 2.75) is 44.9 Å². The molecule has 0 atom stereocenters. The number of halogens is 3. The SMILES string of the molecule is CC1(C)CN(C(=O)NCc2nccn2CC(F)(F)F)CCc2ccccc21. The van der Waals surface area contributed by atoms with E-state index in [1.54, 1.807) is 4.90 Å². The van der Waals surface area contributed by atoms with Gasteiger partial charge in [0.05, 0.1) is 6.54 Å². The Balaban J connectivity index is 1.65. The van der Waals surface area contributed by atoms with Crippen LogP contribution in [0.25, 0.3) is 0 Å². The monoisotopic (exact) mass is 380 g/mol. The van der Waals surface area contributed by atoms with Crippen molar-refractivity contribution in [3.05, 3.63) is 53.6 Å². The van der Waals surface area contributed by atoms with Gasteiger partial charge >= 0.3 is 12.2 Å². The first-order chi connectivity index (χ1) is 12.7. The lowest BCUT2D eigenvalue weighted by Crippen LogP contribution is -2.45. The summed E-state index contributed by atoms with van der Waals surface area (Å²) in [7, 11) is 0. The molecule has 2 aromatic rings. The Labute approximate surface area is 156 Å². The normalized spacial score (nSPS) is 16.6. The van der Waals surface area contributed by atoms with E-state index >= 15 is 0 Å². The lowest BCUT2D eigenvalue weighted by atomic mass is 9.82. The first-order valence-electron chi connectivity index (χ1n) is 8.84. The summed E-state index contributed by atoms with van der Waals surface area (Å²) in [6, 6.07) is 7.86. The molecule has 5 nitrogen and oxygen atoms in total. The first kappa shape index (κ1) is 19.3. The number of urea groups is 1. The van der Waals surface area contributed by atoms with Gasteiger partial charge in [0.2, 0.25) is 0 Å². The molecular weight excluding hydrogens is 357 g/mol. The van der Waals surface area contributed by atoms with Gasteiger partial charge in [-0.05, 0) is 17.5 Å². The van der Waals surface area contributed by atoms with E-state index in [1.807, 2.05) is 12.1 Å². The molecular formula is C19H23F3N4O. The summed E-state index contributed by atoms with van der Waals surface area (Å²) in [6.45, 7) is 4.10. The number of hydrogen-bond acceptors (Lipinski definition) is 2. The second-order valence-electron chi connectivity index (χ2n) is 7.46. The maximum absolute atomic E-state index is 12.6. The van der Waals surface area contributed by atoms with Crippen LogP contribution in [0.2, 0.25) is 0 Å². The molecule has 1 aromatic heterocycles. The van der Waals surface area contributed by atoms with Crippen LogP contribution in [-0.2, 0) is 24.9 Å². The van der Waals surface area contributed by atoms with Gasteiger partial charge in [-0.3, -0.25) is 0 Å². The second-order valence-corrected chi connectivity index (χ2v) is 7.46. The van der Waals surface area contributed by atoms with Gasteiger partial charge in [0, 0.05) is 30.9 Å². The minimum Gasteiger partial charge on any atom is -0.331 e. The largest absolute Gasteiger partial charge is 0.406 e. The van der Waals surface area contributed by atoms with Gasteiger partial charge in [0.1, 0.15) is 12.4 Å². The first-order valence-corrected chi connectivity index (χ1v) is 8.84. The van der Waals surface area contributed by atoms with Crippen molar-refractivity contribution in [1.82, 2.24) is 19.8 Å². The molecule has 27 heavy (non-hydrogen) atoms. The average molecular weight is 380 g/mol. The Morgan fingerprint density at radius 3 is 2.78 bits per heavy atom. The topological polar surface area (TPSA) is 50.2 Å². The van der Waals surface area contributed by atoms with E-state index in [-0.39, 0.29) is 23.8 Å². The number of benzene rings is 1. The van der Waals surface area contributed by atoms with Crippen LogP contribution in [-0.4, -0.2) is 39.7 Å². The number of rotatable bonds is 3. The summed E-state index contributed by atoms with van der Waals surface area (Å²) in [4.78, 5) is 18.3. The molecule has 0 fully saturated rings. The van der Waals surface area contributed by atoms with E-state index in [0.717, 1.165) is 11.0 Å². The van der Waals surface area contributed by atoms with Gasteiger partial charge in [-0.2, -0.15) is 13.2 Å². The van der Waals surface area contributed by atoms with Crippen molar-refractivity contribution in [3.8, 4) is 0 Å². The van der Waals surface area contributed by atoms with Crippen LogP contribution in [0, 0.1) is 0 Å². The summed E-state index contributed by atoms with van der Waals surface area (Å²) >= 11 is 0. The number of carbonyl (C=O) groups is 1. The summed E-state index contributed by atoms with van der Waals surface area (Å²) in [5.41, 5.74) is 2.23. The number of carbonyl (C=O) groups excluding carboxylic acids is 1. The average Bonchev–Trinajstić information content (AvgIpc) is 2.95. The number of hydrogen-bond donors (Lipinski definition) is 1. The quantitative estimate of drug-likeness (QED) is 0.886. The van der Waals surface area contributed by atoms with Gasteiger partial charge in [-0.1, -0.05) is 38.1 Å². The third-order valence-corrected chi connectivity index (χ3v) is 4.82. The van der Waals surface area contributed by atoms with Gasteiger partial charge in [0.25, 0.3) is 0 Å². The van der Waals surface area contributed by atoms with Gasteiger partial charge in [-0.25, -0.2) is 9.78 Å². The van der Waals surface area contributed by atoms with E-state index in [9.17, 15) is 18.0 Å². The van der Waals surface area contributed by atoms with Gasteiger partial charge < -0.3 is 14.8 Å². The Bertz CT molecular complexity index is 813. The standard InChI is InChI=1S/C19H23F3N4O/c1-18(2)12-26(9-7-14-5-3-4-6-15(14)18)17(27)24-11-16-23-8-10-25(16)13-19(20,21)22/h3-6,8,10H,7,9,11-13H2,1-2H3,(H,24,27). The van der Waals surface area contributed by atoms with Crippen LogP contribution < -0.4 is 5.32 Å². The van der Waals surface area contributed by atoms with Crippen LogP contribution in [0.3, 0.4) is 0 Å². The maximum atomic E-state index is 12.6. The Morgan fingerprint density at radius 1 is 1.30 bits per heavy atom. The predicted octanol–water partition coefficient (Wildman–Crippen LogP) is 3.49. The van der Waals surface area contributed by atoms with E-state index in [2.05, 4.69) is 36.3 Å². The summed E-state index contributed by atoms with van der Waals surface area (Å²) in [6.07, 6.45) is -1.02. The molecule has 2 heterocycles. The lowest BCUT2D eigenvalue weighted by molar-refractivity contribution is -0.141.